The maximum Gasteiger partial charge on any atom is 0.203 e. The first-order chi connectivity index (χ1) is 17.1. The Kier molecular flexibility index (Phi) is 7.47. The van der Waals surface area contributed by atoms with E-state index in [1.807, 2.05) is 11.8 Å². The molecule has 3 heteroatoms. The van der Waals surface area contributed by atoms with Crippen molar-refractivity contribution >= 4 is 11.8 Å². The van der Waals surface area contributed by atoms with Gasteiger partial charge in [0.25, 0.3) is 0 Å². The molecule has 0 aliphatic heterocycles. The van der Waals surface area contributed by atoms with Crippen LogP contribution in [0.4, 0.5) is 0 Å². The molecule has 5 fully saturated rings. The van der Waals surface area contributed by atoms with Gasteiger partial charge in [-0.1, -0.05) is 64.5 Å². The summed E-state index contributed by atoms with van der Waals surface area (Å²) < 4.78 is 14.0. The van der Waals surface area contributed by atoms with Gasteiger partial charge in [-0.25, -0.2) is 0 Å². The number of hydrogen-bond acceptors (Lipinski definition) is 3. The van der Waals surface area contributed by atoms with Crippen LogP contribution >= 0.6 is 11.8 Å². The lowest BCUT2D eigenvalue weighted by Gasteiger charge is -2.45. The molecule has 0 saturated heterocycles. The van der Waals surface area contributed by atoms with Gasteiger partial charge in [-0.15, -0.1) is 0 Å². The van der Waals surface area contributed by atoms with Crippen molar-refractivity contribution in [3.8, 4) is 5.75 Å². The Labute approximate surface area is 218 Å². The highest BCUT2D eigenvalue weighted by Crippen LogP contribution is 2.60. The van der Waals surface area contributed by atoms with E-state index in [4.69, 9.17) is 9.47 Å². The number of ether oxygens (including phenoxy) is 2. The lowest BCUT2D eigenvalue weighted by Crippen LogP contribution is -2.45. The van der Waals surface area contributed by atoms with Crippen LogP contribution in [0.5, 0.6) is 5.75 Å². The van der Waals surface area contributed by atoms with Crippen molar-refractivity contribution < 1.29 is 9.47 Å². The zero-order valence-corrected chi connectivity index (χ0v) is 23.2. The number of rotatable bonds is 8. The van der Waals surface area contributed by atoms with Crippen molar-refractivity contribution in [2.24, 2.45) is 47.3 Å². The molecule has 0 spiro atoms. The van der Waals surface area contributed by atoms with Gasteiger partial charge < -0.3 is 9.47 Å². The Morgan fingerprint density at radius 1 is 0.743 bits per heavy atom. The van der Waals surface area contributed by atoms with Gasteiger partial charge in [0.05, 0.1) is 6.10 Å². The average molecular weight is 497 g/mol. The normalized spacial score (nSPS) is 39.9. The highest BCUT2D eigenvalue weighted by molar-refractivity contribution is 7.98. The predicted molar refractivity (Wildman–Crippen MR) is 147 cm³/mol. The van der Waals surface area contributed by atoms with Gasteiger partial charge in [0.15, 0.2) is 0 Å². The van der Waals surface area contributed by atoms with Crippen molar-refractivity contribution in [1.29, 1.82) is 0 Å². The second kappa shape index (κ2) is 10.6. The van der Waals surface area contributed by atoms with Crippen molar-refractivity contribution in [2.45, 2.75) is 109 Å². The Balaban J connectivity index is 1.21. The van der Waals surface area contributed by atoms with Crippen LogP contribution < -0.4 is 4.74 Å². The Morgan fingerprint density at radius 2 is 1.46 bits per heavy atom. The summed E-state index contributed by atoms with van der Waals surface area (Å²) in [5.74, 6) is 7.65. The first-order valence-electron chi connectivity index (χ1n) is 15.1. The quantitative estimate of drug-likeness (QED) is 0.335. The Morgan fingerprint density at radius 3 is 2.26 bits per heavy atom. The van der Waals surface area contributed by atoms with Crippen molar-refractivity contribution in [3.05, 3.63) is 29.8 Å². The maximum atomic E-state index is 7.16. The highest BCUT2D eigenvalue weighted by atomic mass is 32.2. The fourth-order valence-corrected chi connectivity index (χ4v) is 10.5. The van der Waals surface area contributed by atoms with E-state index >= 15 is 0 Å². The molecule has 35 heavy (non-hydrogen) atoms. The summed E-state index contributed by atoms with van der Waals surface area (Å²) in [6, 6.07) is 9.07. The summed E-state index contributed by atoms with van der Waals surface area (Å²) in [6.45, 7) is 4.65. The molecule has 5 saturated carbocycles. The lowest BCUT2D eigenvalue weighted by atomic mass is 9.65. The highest BCUT2D eigenvalue weighted by Gasteiger charge is 2.55. The summed E-state index contributed by atoms with van der Waals surface area (Å²) in [4.78, 5) is 0. The zero-order chi connectivity index (χ0) is 23.9. The molecule has 194 valence electrons. The third-order valence-corrected chi connectivity index (χ3v) is 12.3. The first-order valence-corrected chi connectivity index (χ1v) is 16.4. The van der Waals surface area contributed by atoms with Crippen LogP contribution in [0.2, 0.25) is 0 Å². The molecule has 0 amide bonds. The van der Waals surface area contributed by atoms with E-state index in [0.717, 1.165) is 41.3 Å². The predicted octanol–water partition coefficient (Wildman–Crippen LogP) is 8.90. The number of hydrogen-bond donors (Lipinski definition) is 0. The SMILES string of the molecule is CSC(c1ccc(OC(OC2CC3CC2C2CCCC32)C2CCCC3CCCCC32)cc1)C(C)C. The van der Waals surface area contributed by atoms with Gasteiger partial charge in [-0.3, -0.25) is 0 Å². The third kappa shape index (κ3) is 4.83. The third-order valence-electron chi connectivity index (χ3n) is 11.0. The van der Waals surface area contributed by atoms with Gasteiger partial charge in [0.1, 0.15) is 5.75 Å². The smallest absolute Gasteiger partial charge is 0.203 e. The topological polar surface area (TPSA) is 18.5 Å². The van der Waals surface area contributed by atoms with E-state index in [2.05, 4.69) is 44.4 Å². The molecule has 10 unspecified atom stereocenters. The van der Waals surface area contributed by atoms with E-state index in [-0.39, 0.29) is 6.29 Å². The second-order valence-electron chi connectivity index (χ2n) is 13.1. The van der Waals surface area contributed by atoms with Crippen molar-refractivity contribution in [1.82, 2.24) is 0 Å². The minimum Gasteiger partial charge on any atom is -0.465 e. The van der Waals surface area contributed by atoms with Crippen LogP contribution in [-0.4, -0.2) is 18.6 Å². The molecule has 0 heterocycles. The minimum absolute atomic E-state index is 0.0580. The fraction of sp³-hybridized carbons (Fsp3) is 0.812. The van der Waals surface area contributed by atoms with Crippen LogP contribution in [-0.2, 0) is 4.74 Å². The summed E-state index contributed by atoms with van der Waals surface area (Å²) in [7, 11) is 0. The molecule has 0 N–H and O–H groups in total. The maximum absolute atomic E-state index is 7.16. The molecular formula is C32H48O2S. The Hall–Kier alpha value is -0.670. The number of fused-ring (bicyclic) bond motifs is 6. The fourth-order valence-electron chi connectivity index (χ4n) is 9.54. The standard InChI is InChI=1S/C32H48O2S/c1-20(2)31(35-3)22-14-16-24(17-15-22)33-32(28-13-6-9-21-8-4-5-10-25(21)28)34-30-19-23-18-29(30)27-12-7-11-26(23)27/h14-17,20-21,23,25-32H,4-13,18-19H2,1-3H3. The molecule has 6 rings (SSSR count). The molecule has 2 nitrogen and oxygen atoms in total. The molecule has 5 aliphatic carbocycles. The molecule has 2 bridgehead atoms. The summed E-state index contributed by atoms with van der Waals surface area (Å²) in [5, 5.41) is 0.547. The zero-order valence-electron chi connectivity index (χ0n) is 22.4. The van der Waals surface area contributed by atoms with Gasteiger partial charge in [0, 0.05) is 11.2 Å². The monoisotopic (exact) mass is 496 g/mol. The lowest BCUT2D eigenvalue weighted by molar-refractivity contribution is -0.189. The molecule has 0 radical (unpaired) electrons. The molecule has 1 aromatic rings. The Bertz CT molecular complexity index is 834. The van der Waals surface area contributed by atoms with Crippen LogP contribution in [0.1, 0.15) is 102 Å². The van der Waals surface area contributed by atoms with Crippen molar-refractivity contribution in [3.63, 3.8) is 0 Å². The summed E-state index contributed by atoms with van der Waals surface area (Å²) >= 11 is 1.96. The summed E-state index contributed by atoms with van der Waals surface area (Å²) in [6.07, 6.45) is 19.5. The molecular weight excluding hydrogens is 448 g/mol. The van der Waals surface area contributed by atoms with E-state index in [0.29, 0.717) is 23.2 Å². The van der Waals surface area contributed by atoms with Crippen LogP contribution in [0.15, 0.2) is 24.3 Å². The van der Waals surface area contributed by atoms with Crippen LogP contribution in [0.3, 0.4) is 0 Å². The number of thioether (sulfide) groups is 1. The molecule has 1 aromatic carbocycles. The second-order valence-corrected chi connectivity index (χ2v) is 14.1. The van der Waals surface area contributed by atoms with Crippen molar-refractivity contribution in [2.75, 3.05) is 6.26 Å². The minimum atomic E-state index is -0.0580. The first kappa shape index (κ1) is 24.7. The molecule has 0 aromatic heterocycles. The largest absolute Gasteiger partial charge is 0.465 e. The van der Waals surface area contributed by atoms with Gasteiger partial charge in [-0.2, -0.15) is 11.8 Å². The van der Waals surface area contributed by atoms with Gasteiger partial charge >= 0.3 is 0 Å². The molecule has 5 aliphatic rings. The van der Waals surface area contributed by atoms with Gasteiger partial charge in [-0.05, 0) is 104 Å². The van der Waals surface area contributed by atoms with Gasteiger partial charge in [0.2, 0.25) is 6.29 Å². The van der Waals surface area contributed by atoms with E-state index < -0.39 is 0 Å². The van der Waals surface area contributed by atoms with Crippen LogP contribution in [0.25, 0.3) is 0 Å². The van der Waals surface area contributed by atoms with E-state index in [1.165, 1.54) is 82.6 Å². The average Bonchev–Trinajstić information content (AvgIpc) is 3.59. The van der Waals surface area contributed by atoms with E-state index in [1.54, 1.807) is 0 Å². The van der Waals surface area contributed by atoms with E-state index in [9.17, 15) is 0 Å². The molecule has 10 atom stereocenters. The number of benzene rings is 1. The van der Waals surface area contributed by atoms with Crippen LogP contribution in [0, 0.1) is 47.3 Å². The summed E-state index contributed by atoms with van der Waals surface area (Å²) in [5.41, 5.74) is 1.42.